The van der Waals surface area contributed by atoms with Crippen LogP contribution in [0.5, 0.6) is 0 Å². The van der Waals surface area contributed by atoms with E-state index in [-0.39, 0.29) is 17.9 Å². The zero-order chi connectivity index (χ0) is 21.3. The maximum atomic E-state index is 12.6. The maximum Gasteiger partial charge on any atom is 0.251 e. The number of nitrogens with zero attached hydrogens (tertiary/aromatic N) is 2. The van der Waals surface area contributed by atoms with Crippen molar-refractivity contribution in [3.05, 3.63) is 78.1 Å². The third kappa shape index (κ3) is 5.97. The molecule has 0 aliphatic heterocycles. The minimum absolute atomic E-state index is 0.0158. The van der Waals surface area contributed by atoms with Crippen molar-refractivity contribution >= 4 is 23.6 Å². The van der Waals surface area contributed by atoms with Crippen LogP contribution in [-0.4, -0.2) is 33.2 Å². The Morgan fingerprint density at radius 1 is 1.13 bits per heavy atom. The molecule has 156 valence electrons. The Labute approximate surface area is 181 Å². The Kier molecular flexibility index (Phi) is 7.68. The van der Waals surface area contributed by atoms with Gasteiger partial charge in [0.2, 0.25) is 5.91 Å². The first kappa shape index (κ1) is 21.6. The number of amides is 2. The number of rotatable bonds is 9. The Bertz CT molecular complexity index is 988. The second kappa shape index (κ2) is 10.6. The lowest BCUT2D eigenvalue weighted by atomic mass is 10.1. The molecule has 0 fully saturated rings. The summed E-state index contributed by atoms with van der Waals surface area (Å²) >= 11 is 1.37. The number of carbonyl (C=O) groups excluding carboxylic acids is 2. The molecular formula is C23H26N4O2S. The number of thioether (sulfide) groups is 1. The minimum Gasteiger partial charge on any atom is -0.353 e. The fourth-order valence-corrected chi connectivity index (χ4v) is 3.60. The van der Waals surface area contributed by atoms with Crippen molar-refractivity contribution in [3.8, 4) is 5.69 Å². The average Bonchev–Trinajstić information content (AvgIpc) is 3.25. The summed E-state index contributed by atoms with van der Waals surface area (Å²) in [6.07, 6.45) is 4.41. The molecule has 3 aromatic rings. The number of hydrogen-bond donors (Lipinski definition) is 2. The highest BCUT2D eigenvalue weighted by Gasteiger charge is 2.12. The van der Waals surface area contributed by atoms with E-state index in [1.54, 1.807) is 12.3 Å². The maximum absolute atomic E-state index is 12.6. The summed E-state index contributed by atoms with van der Waals surface area (Å²) in [6.45, 7) is 4.49. The standard InChI is InChI=1S/C23H26N4O2S/c1-3-17(2)26-21(28)16-30-23-24-12-13-27(23)20-11-7-10-19(14-20)22(29)25-15-18-8-5-4-6-9-18/h4-14,17H,3,15-16H2,1-2H3,(H,25,29)(H,26,28). The van der Waals surface area contributed by atoms with Crippen molar-refractivity contribution in [1.82, 2.24) is 20.2 Å². The van der Waals surface area contributed by atoms with Crippen LogP contribution in [-0.2, 0) is 11.3 Å². The summed E-state index contributed by atoms with van der Waals surface area (Å²) in [6, 6.07) is 17.3. The van der Waals surface area contributed by atoms with Crippen LogP contribution in [0.1, 0.15) is 36.2 Å². The molecule has 1 aromatic heterocycles. The van der Waals surface area contributed by atoms with Crippen LogP contribution in [0.2, 0.25) is 0 Å². The van der Waals surface area contributed by atoms with E-state index in [9.17, 15) is 9.59 Å². The quantitative estimate of drug-likeness (QED) is 0.514. The summed E-state index contributed by atoms with van der Waals surface area (Å²) < 4.78 is 1.88. The molecule has 2 amide bonds. The van der Waals surface area contributed by atoms with Crippen LogP contribution < -0.4 is 10.6 Å². The lowest BCUT2D eigenvalue weighted by Gasteiger charge is -2.12. The highest BCUT2D eigenvalue weighted by molar-refractivity contribution is 7.99. The van der Waals surface area contributed by atoms with Gasteiger partial charge >= 0.3 is 0 Å². The van der Waals surface area contributed by atoms with Crippen molar-refractivity contribution < 1.29 is 9.59 Å². The van der Waals surface area contributed by atoms with Crippen LogP contribution in [0.25, 0.3) is 5.69 Å². The highest BCUT2D eigenvalue weighted by atomic mass is 32.2. The summed E-state index contributed by atoms with van der Waals surface area (Å²) in [4.78, 5) is 29.0. The number of aromatic nitrogens is 2. The van der Waals surface area contributed by atoms with Gasteiger partial charge in [-0.15, -0.1) is 0 Å². The van der Waals surface area contributed by atoms with E-state index in [4.69, 9.17) is 0 Å². The molecule has 1 unspecified atom stereocenters. The van der Waals surface area contributed by atoms with Crippen molar-refractivity contribution in [2.75, 3.05) is 5.75 Å². The normalized spacial score (nSPS) is 11.7. The number of carbonyl (C=O) groups is 2. The SMILES string of the molecule is CCC(C)NC(=O)CSc1nccn1-c1cccc(C(=O)NCc2ccccc2)c1. The second-order valence-electron chi connectivity index (χ2n) is 6.96. The fourth-order valence-electron chi connectivity index (χ4n) is 2.82. The van der Waals surface area contributed by atoms with Gasteiger partial charge in [0.05, 0.1) is 5.75 Å². The Morgan fingerprint density at radius 2 is 1.93 bits per heavy atom. The first-order valence-corrected chi connectivity index (χ1v) is 10.9. The van der Waals surface area contributed by atoms with Gasteiger partial charge in [-0.25, -0.2) is 4.98 Å². The lowest BCUT2D eigenvalue weighted by Crippen LogP contribution is -2.33. The number of imidazole rings is 1. The molecule has 30 heavy (non-hydrogen) atoms. The molecule has 0 aliphatic carbocycles. The summed E-state index contributed by atoms with van der Waals surface area (Å²) in [5, 5.41) is 6.60. The monoisotopic (exact) mass is 422 g/mol. The molecule has 2 aromatic carbocycles. The van der Waals surface area contributed by atoms with Gasteiger partial charge in [-0.1, -0.05) is 55.1 Å². The van der Waals surface area contributed by atoms with Crippen LogP contribution >= 0.6 is 11.8 Å². The molecule has 0 saturated carbocycles. The van der Waals surface area contributed by atoms with E-state index in [1.165, 1.54) is 11.8 Å². The molecule has 1 heterocycles. The molecule has 0 aliphatic rings. The van der Waals surface area contributed by atoms with E-state index in [0.29, 0.717) is 23.0 Å². The zero-order valence-electron chi connectivity index (χ0n) is 17.2. The number of benzene rings is 2. The van der Waals surface area contributed by atoms with Gasteiger partial charge in [0.1, 0.15) is 0 Å². The fraction of sp³-hybridized carbons (Fsp3) is 0.261. The molecule has 0 saturated heterocycles. The number of hydrogen-bond acceptors (Lipinski definition) is 4. The smallest absolute Gasteiger partial charge is 0.251 e. The molecule has 0 radical (unpaired) electrons. The van der Waals surface area contributed by atoms with E-state index < -0.39 is 0 Å². The predicted octanol–water partition coefficient (Wildman–Crippen LogP) is 3.81. The number of nitrogens with one attached hydrogen (secondary N) is 2. The third-order valence-corrected chi connectivity index (χ3v) is 5.61. The van der Waals surface area contributed by atoms with Crippen LogP contribution in [0, 0.1) is 0 Å². The van der Waals surface area contributed by atoms with Gasteiger partial charge in [0.15, 0.2) is 5.16 Å². The van der Waals surface area contributed by atoms with E-state index in [1.807, 2.05) is 73.1 Å². The first-order valence-electron chi connectivity index (χ1n) is 9.95. The minimum atomic E-state index is -0.136. The molecule has 2 N–H and O–H groups in total. The van der Waals surface area contributed by atoms with E-state index >= 15 is 0 Å². The molecule has 1 atom stereocenters. The Hall–Kier alpha value is -3.06. The summed E-state index contributed by atoms with van der Waals surface area (Å²) in [5.41, 5.74) is 2.44. The van der Waals surface area contributed by atoms with Gasteiger partial charge in [0, 0.05) is 36.2 Å². The molecule has 6 nitrogen and oxygen atoms in total. The van der Waals surface area contributed by atoms with Gasteiger partial charge in [-0.2, -0.15) is 0 Å². The Balaban J connectivity index is 1.65. The van der Waals surface area contributed by atoms with Crippen molar-refractivity contribution in [3.63, 3.8) is 0 Å². The molecule has 0 spiro atoms. The first-order chi connectivity index (χ1) is 14.6. The van der Waals surface area contributed by atoms with E-state index in [0.717, 1.165) is 17.7 Å². The molecule has 3 rings (SSSR count). The Morgan fingerprint density at radius 3 is 2.70 bits per heavy atom. The predicted molar refractivity (Wildman–Crippen MR) is 120 cm³/mol. The zero-order valence-corrected chi connectivity index (χ0v) is 18.0. The highest BCUT2D eigenvalue weighted by Crippen LogP contribution is 2.21. The largest absolute Gasteiger partial charge is 0.353 e. The summed E-state index contributed by atoms with van der Waals surface area (Å²) in [5.74, 6) is 0.138. The molecule has 7 heteroatoms. The summed E-state index contributed by atoms with van der Waals surface area (Å²) in [7, 11) is 0. The topological polar surface area (TPSA) is 76.0 Å². The molecular weight excluding hydrogens is 396 g/mol. The van der Waals surface area contributed by atoms with Crippen molar-refractivity contribution in [2.45, 2.75) is 38.0 Å². The van der Waals surface area contributed by atoms with Gasteiger partial charge in [0.25, 0.3) is 5.91 Å². The van der Waals surface area contributed by atoms with Crippen LogP contribution in [0.15, 0.2) is 72.1 Å². The lowest BCUT2D eigenvalue weighted by molar-refractivity contribution is -0.119. The van der Waals surface area contributed by atoms with Crippen LogP contribution in [0.3, 0.4) is 0 Å². The van der Waals surface area contributed by atoms with Gasteiger partial charge in [-0.05, 0) is 37.1 Å². The molecule has 0 bridgehead atoms. The second-order valence-corrected chi connectivity index (χ2v) is 7.91. The third-order valence-electron chi connectivity index (χ3n) is 4.64. The van der Waals surface area contributed by atoms with Gasteiger partial charge in [-0.3, -0.25) is 14.2 Å². The van der Waals surface area contributed by atoms with Crippen molar-refractivity contribution in [2.24, 2.45) is 0 Å². The average molecular weight is 423 g/mol. The van der Waals surface area contributed by atoms with Crippen LogP contribution in [0.4, 0.5) is 0 Å². The van der Waals surface area contributed by atoms with Crippen molar-refractivity contribution in [1.29, 1.82) is 0 Å². The van der Waals surface area contributed by atoms with Gasteiger partial charge < -0.3 is 10.6 Å². The van der Waals surface area contributed by atoms with E-state index in [2.05, 4.69) is 15.6 Å².